The summed E-state index contributed by atoms with van der Waals surface area (Å²) in [4.78, 5) is 0. The summed E-state index contributed by atoms with van der Waals surface area (Å²) in [5.41, 5.74) is 0.704. The van der Waals surface area contributed by atoms with E-state index >= 15 is 0 Å². The highest BCUT2D eigenvalue weighted by molar-refractivity contribution is 4.85. The third kappa shape index (κ3) is 6.02. The summed E-state index contributed by atoms with van der Waals surface area (Å²) in [7, 11) is 0. The molecule has 0 aromatic rings. The first-order chi connectivity index (χ1) is 7.19. The van der Waals surface area contributed by atoms with E-state index in [1.807, 2.05) is 13.8 Å². The molecule has 2 unspecified atom stereocenters. The molecular weight excluding hydrogens is 180 g/mol. The molecule has 0 saturated heterocycles. The number of hydrogen-bond donors (Lipinski definition) is 0. The van der Waals surface area contributed by atoms with Gasteiger partial charge in [0.1, 0.15) is 0 Å². The summed E-state index contributed by atoms with van der Waals surface area (Å²) < 4.78 is 0. The Bertz CT molecular complexity index is 128. The quantitative estimate of drug-likeness (QED) is 0.516. The zero-order chi connectivity index (χ0) is 12.3. The predicted octanol–water partition coefficient (Wildman–Crippen LogP) is 5.83. The topological polar surface area (TPSA) is 0 Å². The van der Waals surface area contributed by atoms with Crippen LogP contribution < -0.4 is 0 Å². The summed E-state index contributed by atoms with van der Waals surface area (Å²) in [5, 5.41) is 0. The highest BCUT2D eigenvalue weighted by Crippen LogP contribution is 2.46. The van der Waals surface area contributed by atoms with Gasteiger partial charge in [-0.2, -0.15) is 0 Å². The lowest BCUT2D eigenvalue weighted by atomic mass is 9.77. The van der Waals surface area contributed by atoms with E-state index in [0.717, 1.165) is 5.92 Å². The molecule has 0 nitrogen and oxygen atoms in total. The second-order valence-corrected chi connectivity index (χ2v) is 4.55. The molecule has 0 heteroatoms. The molecule has 0 amide bonds. The van der Waals surface area contributed by atoms with E-state index in [1.54, 1.807) is 0 Å². The van der Waals surface area contributed by atoms with E-state index in [9.17, 15) is 0 Å². The lowest BCUT2D eigenvalue weighted by Crippen LogP contribution is -2.18. The average Bonchev–Trinajstić information content (AvgIpc) is 2.63. The van der Waals surface area contributed by atoms with Crippen LogP contribution in [-0.2, 0) is 0 Å². The van der Waals surface area contributed by atoms with E-state index in [1.165, 1.54) is 38.5 Å². The Kier molecular flexibility index (Phi) is 11.7. The van der Waals surface area contributed by atoms with Crippen molar-refractivity contribution in [1.29, 1.82) is 0 Å². The first-order valence-corrected chi connectivity index (χ1v) is 6.69. The summed E-state index contributed by atoms with van der Waals surface area (Å²) in [6.07, 6.45) is 8.68. The Hall–Kier alpha value is -0.260. The number of rotatable bonds is 3. The highest BCUT2D eigenvalue weighted by Gasteiger charge is 2.34. The van der Waals surface area contributed by atoms with Gasteiger partial charge < -0.3 is 0 Å². The minimum atomic E-state index is 0.704. The Morgan fingerprint density at radius 2 is 1.80 bits per heavy atom. The summed E-state index contributed by atoms with van der Waals surface area (Å²) in [6, 6.07) is 0. The molecule has 2 atom stereocenters. The maximum Gasteiger partial charge on any atom is -0.0300 e. The van der Waals surface area contributed by atoms with Crippen molar-refractivity contribution in [3.05, 3.63) is 13.2 Å². The fourth-order valence-electron chi connectivity index (χ4n) is 2.36. The van der Waals surface area contributed by atoms with Crippen molar-refractivity contribution < 1.29 is 0 Å². The van der Waals surface area contributed by atoms with Crippen molar-refractivity contribution in [3.63, 3.8) is 0 Å². The molecule has 0 heterocycles. The fourth-order valence-corrected chi connectivity index (χ4v) is 2.36. The standard InChI is InChI=1S/C11H22.C2H6.C2H4/c1-4-5-8-11(3)9-6-7-10(11)2;2*1-2/h10H,4-9H2,1-3H3;1-2H3;1-2H2. The van der Waals surface area contributed by atoms with E-state index in [0.29, 0.717) is 5.41 Å². The van der Waals surface area contributed by atoms with Crippen molar-refractivity contribution in [2.75, 3.05) is 0 Å². The van der Waals surface area contributed by atoms with Crippen LogP contribution >= 0.6 is 0 Å². The van der Waals surface area contributed by atoms with E-state index in [4.69, 9.17) is 0 Å². The third-order valence-corrected chi connectivity index (χ3v) is 3.68. The smallest absolute Gasteiger partial charge is 0.0300 e. The minimum absolute atomic E-state index is 0.704. The van der Waals surface area contributed by atoms with Gasteiger partial charge in [-0.3, -0.25) is 0 Å². The Balaban J connectivity index is 0. The molecule has 1 saturated carbocycles. The van der Waals surface area contributed by atoms with Crippen LogP contribution in [0, 0.1) is 11.3 Å². The Labute approximate surface area is 98.2 Å². The largest absolute Gasteiger partial charge is 0.106 e. The molecule has 0 N–H and O–H groups in total. The van der Waals surface area contributed by atoms with Crippen LogP contribution in [0.25, 0.3) is 0 Å². The van der Waals surface area contributed by atoms with Gasteiger partial charge >= 0.3 is 0 Å². The second kappa shape index (κ2) is 10.3. The number of unbranched alkanes of at least 4 members (excludes halogenated alkanes) is 1. The van der Waals surface area contributed by atoms with E-state index < -0.39 is 0 Å². The Morgan fingerprint density at radius 1 is 1.27 bits per heavy atom. The summed E-state index contributed by atoms with van der Waals surface area (Å²) in [6.45, 7) is 17.2. The van der Waals surface area contributed by atoms with Crippen LogP contribution in [0.4, 0.5) is 0 Å². The molecule has 0 aliphatic heterocycles. The molecule has 92 valence electrons. The van der Waals surface area contributed by atoms with Crippen molar-refractivity contribution >= 4 is 0 Å². The molecule has 0 aromatic carbocycles. The molecule has 1 rings (SSSR count). The lowest BCUT2D eigenvalue weighted by molar-refractivity contribution is 0.219. The van der Waals surface area contributed by atoms with Gasteiger partial charge in [0, 0.05) is 0 Å². The van der Waals surface area contributed by atoms with E-state index in [2.05, 4.69) is 33.9 Å². The zero-order valence-electron chi connectivity index (χ0n) is 11.7. The average molecular weight is 212 g/mol. The fraction of sp³-hybridized carbons (Fsp3) is 0.867. The molecule has 0 bridgehead atoms. The van der Waals surface area contributed by atoms with Crippen LogP contribution in [0.3, 0.4) is 0 Å². The van der Waals surface area contributed by atoms with Gasteiger partial charge in [0.15, 0.2) is 0 Å². The number of hydrogen-bond acceptors (Lipinski definition) is 0. The SMILES string of the molecule is C=C.CC.CCCCC1(C)CCCC1C. The van der Waals surface area contributed by atoms with Gasteiger partial charge in [0.2, 0.25) is 0 Å². The zero-order valence-corrected chi connectivity index (χ0v) is 11.7. The molecule has 0 spiro atoms. The van der Waals surface area contributed by atoms with Crippen molar-refractivity contribution in [3.8, 4) is 0 Å². The minimum Gasteiger partial charge on any atom is -0.106 e. The lowest BCUT2D eigenvalue weighted by Gasteiger charge is -2.29. The van der Waals surface area contributed by atoms with E-state index in [-0.39, 0.29) is 0 Å². The normalized spacial score (nSPS) is 28.5. The van der Waals surface area contributed by atoms with Crippen LogP contribution in [0.15, 0.2) is 13.2 Å². The van der Waals surface area contributed by atoms with Crippen LogP contribution in [0.5, 0.6) is 0 Å². The first-order valence-electron chi connectivity index (χ1n) is 6.69. The van der Waals surface area contributed by atoms with Crippen molar-refractivity contribution in [2.24, 2.45) is 11.3 Å². The third-order valence-electron chi connectivity index (χ3n) is 3.68. The second-order valence-electron chi connectivity index (χ2n) is 4.55. The van der Waals surface area contributed by atoms with Crippen LogP contribution in [0.1, 0.15) is 73.1 Å². The Morgan fingerprint density at radius 3 is 2.13 bits per heavy atom. The highest BCUT2D eigenvalue weighted by atomic mass is 14.4. The molecule has 0 aromatic heterocycles. The van der Waals surface area contributed by atoms with Gasteiger partial charge in [0.05, 0.1) is 0 Å². The van der Waals surface area contributed by atoms with Crippen molar-refractivity contribution in [2.45, 2.75) is 73.1 Å². The monoisotopic (exact) mass is 212 g/mol. The van der Waals surface area contributed by atoms with Gasteiger partial charge in [-0.1, -0.05) is 60.3 Å². The van der Waals surface area contributed by atoms with Gasteiger partial charge in [0.25, 0.3) is 0 Å². The van der Waals surface area contributed by atoms with Crippen molar-refractivity contribution in [1.82, 2.24) is 0 Å². The van der Waals surface area contributed by atoms with Gasteiger partial charge in [-0.05, 0) is 24.2 Å². The summed E-state index contributed by atoms with van der Waals surface area (Å²) in [5.74, 6) is 0.981. The molecule has 15 heavy (non-hydrogen) atoms. The maximum atomic E-state index is 3.00. The molecule has 0 radical (unpaired) electrons. The molecule has 1 fully saturated rings. The first kappa shape index (κ1) is 17.1. The maximum absolute atomic E-state index is 3.00. The molecular formula is C15H32. The van der Waals surface area contributed by atoms with Crippen LogP contribution in [0.2, 0.25) is 0 Å². The predicted molar refractivity (Wildman–Crippen MR) is 73.2 cm³/mol. The van der Waals surface area contributed by atoms with Crippen LogP contribution in [-0.4, -0.2) is 0 Å². The van der Waals surface area contributed by atoms with Gasteiger partial charge in [-0.25, -0.2) is 0 Å². The van der Waals surface area contributed by atoms with Gasteiger partial charge in [-0.15, -0.1) is 13.2 Å². The molecule has 1 aliphatic rings. The molecule has 1 aliphatic carbocycles. The summed E-state index contributed by atoms with van der Waals surface area (Å²) >= 11 is 0.